The van der Waals surface area contributed by atoms with Crippen molar-refractivity contribution in [3.63, 3.8) is 0 Å². The first-order valence-electron chi connectivity index (χ1n) is 8.35. The number of aromatic carboxylic acids is 1. The minimum atomic E-state index is -1.08. The Kier molecular flexibility index (Phi) is 5.23. The normalized spacial score (nSPS) is 11.4. The molecular weight excluding hydrogens is 352 g/mol. The number of fused-ring (bicyclic) bond motifs is 2. The molecule has 6 heteroatoms. The van der Waals surface area contributed by atoms with E-state index in [2.05, 4.69) is 13.8 Å². The number of hydrogen-bond donors (Lipinski definition) is 1. The molecule has 0 fully saturated rings. The summed E-state index contributed by atoms with van der Waals surface area (Å²) in [6.45, 7) is 4.81. The van der Waals surface area contributed by atoms with Crippen LogP contribution in [-0.4, -0.2) is 23.9 Å². The molecule has 136 valence electrons. The molecule has 1 N–H and O–H groups in total. The van der Waals surface area contributed by atoms with Crippen LogP contribution in [0.2, 0.25) is 0 Å². The lowest BCUT2D eigenvalue weighted by atomic mass is 10.1. The quantitative estimate of drug-likeness (QED) is 0.495. The number of ether oxygens (including phenoxy) is 1. The molecule has 3 rings (SSSR count). The molecule has 0 saturated carbocycles. The third-order valence-electron chi connectivity index (χ3n) is 4.14. The molecule has 0 aliphatic rings. The van der Waals surface area contributed by atoms with Crippen LogP contribution in [0, 0.1) is 5.92 Å². The first kappa shape index (κ1) is 18.3. The Bertz CT molecular complexity index is 1040. The van der Waals surface area contributed by atoms with E-state index in [0.717, 1.165) is 11.3 Å². The topological polar surface area (TPSA) is 76.7 Å². The Morgan fingerprint density at radius 3 is 2.65 bits per heavy atom. The zero-order valence-electron chi connectivity index (χ0n) is 14.9. The SMILES string of the molecule is CSc1cc(OCCC(C)C)cc2c(=O)c3cc(C(=O)O)ccc3oc12. The van der Waals surface area contributed by atoms with E-state index in [-0.39, 0.29) is 16.4 Å². The monoisotopic (exact) mass is 372 g/mol. The van der Waals surface area contributed by atoms with Crippen molar-refractivity contribution in [2.24, 2.45) is 5.92 Å². The van der Waals surface area contributed by atoms with E-state index in [0.29, 0.717) is 34.8 Å². The molecule has 0 bridgehead atoms. The van der Waals surface area contributed by atoms with Crippen molar-refractivity contribution in [2.45, 2.75) is 25.2 Å². The lowest BCUT2D eigenvalue weighted by Gasteiger charge is -2.11. The smallest absolute Gasteiger partial charge is 0.335 e. The van der Waals surface area contributed by atoms with E-state index in [1.54, 1.807) is 6.07 Å². The van der Waals surface area contributed by atoms with Gasteiger partial charge in [0.05, 0.1) is 27.8 Å². The summed E-state index contributed by atoms with van der Waals surface area (Å²) in [6.07, 6.45) is 2.82. The van der Waals surface area contributed by atoms with Gasteiger partial charge in [-0.2, -0.15) is 0 Å². The van der Waals surface area contributed by atoms with Gasteiger partial charge >= 0.3 is 5.97 Å². The van der Waals surface area contributed by atoms with Crippen LogP contribution in [0.25, 0.3) is 21.9 Å². The minimum Gasteiger partial charge on any atom is -0.494 e. The van der Waals surface area contributed by atoms with Crippen molar-refractivity contribution in [3.8, 4) is 5.75 Å². The number of carboxylic acids is 1. The molecule has 5 nitrogen and oxygen atoms in total. The molecule has 1 aromatic heterocycles. The first-order valence-corrected chi connectivity index (χ1v) is 9.58. The second kappa shape index (κ2) is 7.41. The Morgan fingerprint density at radius 1 is 1.23 bits per heavy atom. The van der Waals surface area contributed by atoms with Gasteiger partial charge in [-0.05, 0) is 48.9 Å². The fourth-order valence-corrected chi connectivity index (χ4v) is 3.25. The Morgan fingerprint density at radius 2 is 2.00 bits per heavy atom. The standard InChI is InChI=1S/C20H20O5S/c1-11(2)6-7-24-13-9-15-18(21)14-8-12(20(22)23)4-5-16(14)25-19(15)17(10-13)26-3/h4-5,8-11H,6-7H2,1-3H3,(H,22,23). The molecule has 0 aliphatic carbocycles. The average molecular weight is 372 g/mol. The average Bonchev–Trinajstić information content (AvgIpc) is 2.61. The van der Waals surface area contributed by atoms with Crippen molar-refractivity contribution in [1.82, 2.24) is 0 Å². The summed E-state index contributed by atoms with van der Waals surface area (Å²) in [5, 5.41) is 9.81. The van der Waals surface area contributed by atoms with Gasteiger partial charge in [-0.3, -0.25) is 4.79 Å². The van der Waals surface area contributed by atoms with Crippen LogP contribution in [0.4, 0.5) is 0 Å². The molecule has 3 aromatic rings. The molecule has 0 aliphatic heterocycles. The number of rotatable bonds is 6. The molecule has 0 unspecified atom stereocenters. The van der Waals surface area contributed by atoms with Crippen molar-refractivity contribution >= 4 is 39.7 Å². The number of benzene rings is 2. The van der Waals surface area contributed by atoms with Gasteiger partial charge in [0.2, 0.25) is 5.43 Å². The van der Waals surface area contributed by atoms with Crippen molar-refractivity contribution in [3.05, 3.63) is 46.1 Å². The number of thioether (sulfide) groups is 1. The van der Waals surface area contributed by atoms with Gasteiger partial charge in [-0.15, -0.1) is 11.8 Å². The second-order valence-electron chi connectivity index (χ2n) is 6.48. The predicted octanol–water partition coefficient (Wildman–Crippen LogP) is 4.79. The maximum atomic E-state index is 12.9. The molecule has 0 saturated heterocycles. The van der Waals surface area contributed by atoms with Gasteiger partial charge in [-0.25, -0.2) is 4.79 Å². The van der Waals surface area contributed by atoms with Crippen LogP contribution in [0.1, 0.15) is 30.6 Å². The third kappa shape index (κ3) is 3.55. The Balaban J connectivity index is 2.18. The summed E-state index contributed by atoms with van der Waals surface area (Å²) in [5.74, 6) is 0.0597. The van der Waals surface area contributed by atoms with Gasteiger partial charge in [0.15, 0.2) is 5.58 Å². The third-order valence-corrected chi connectivity index (χ3v) is 4.88. The van der Waals surface area contributed by atoms with Crippen LogP contribution >= 0.6 is 11.8 Å². The summed E-state index contributed by atoms with van der Waals surface area (Å²) >= 11 is 1.47. The minimum absolute atomic E-state index is 0.0542. The maximum absolute atomic E-state index is 12.9. The predicted molar refractivity (Wildman–Crippen MR) is 104 cm³/mol. The lowest BCUT2D eigenvalue weighted by molar-refractivity contribution is 0.0697. The fourth-order valence-electron chi connectivity index (χ4n) is 2.68. The van der Waals surface area contributed by atoms with Crippen LogP contribution < -0.4 is 10.2 Å². The van der Waals surface area contributed by atoms with Gasteiger partial charge in [0.1, 0.15) is 11.3 Å². The van der Waals surface area contributed by atoms with E-state index >= 15 is 0 Å². The van der Waals surface area contributed by atoms with Crippen LogP contribution in [0.3, 0.4) is 0 Å². The van der Waals surface area contributed by atoms with E-state index in [9.17, 15) is 9.59 Å². The summed E-state index contributed by atoms with van der Waals surface area (Å²) in [5.41, 5.74) is 0.665. The summed E-state index contributed by atoms with van der Waals surface area (Å²) < 4.78 is 11.7. The van der Waals surface area contributed by atoms with Gasteiger partial charge in [-0.1, -0.05) is 13.8 Å². The largest absolute Gasteiger partial charge is 0.494 e. The highest BCUT2D eigenvalue weighted by Crippen LogP contribution is 2.32. The van der Waals surface area contributed by atoms with Crippen LogP contribution in [0.5, 0.6) is 5.75 Å². The van der Waals surface area contributed by atoms with E-state index in [4.69, 9.17) is 14.3 Å². The Hall–Kier alpha value is -2.47. The number of hydrogen-bond acceptors (Lipinski definition) is 5. The van der Waals surface area contributed by atoms with Crippen molar-refractivity contribution in [2.75, 3.05) is 12.9 Å². The molecule has 2 aromatic carbocycles. The van der Waals surface area contributed by atoms with Gasteiger partial charge in [0.25, 0.3) is 0 Å². The summed E-state index contributed by atoms with van der Waals surface area (Å²) in [4.78, 5) is 24.9. The second-order valence-corrected chi connectivity index (χ2v) is 7.33. The highest BCUT2D eigenvalue weighted by atomic mass is 32.2. The van der Waals surface area contributed by atoms with Gasteiger partial charge in [0, 0.05) is 0 Å². The zero-order valence-corrected chi connectivity index (χ0v) is 15.7. The number of carbonyl (C=O) groups is 1. The summed E-state index contributed by atoms with van der Waals surface area (Å²) in [6, 6.07) is 7.86. The van der Waals surface area contributed by atoms with Crippen molar-refractivity contribution in [1.29, 1.82) is 0 Å². The highest BCUT2D eigenvalue weighted by Gasteiger charge is 2.15. The fraction of sp³-hybridized carbons (Fsp3) is 0.300. The van der Waals surface area contributed by atoms with Gasteiger partial charge < -0.3 is 14.3 Å². The molecule has 0 amide bonds. The lowest BCUT2D eigenvalue weighted by Crippen LogP contribution is -2.06. The molecule has 1 heterocycles. The Labute approximate surface area is 155 Å². The highest BCUT2D eigenvalue weighted by molar-refractivity contribution is 7.98. The van der Waals surface area contributed by atoms with E-state index in [1.165, 1.54) is 30.0 Å². The number of carboxylic acid groups (broad SMARTS) is 1. The molecular formula is C20H20O5S. The maximum Gasteiger partial charge on any atom is 0.335 e. The van der Waals surface area contributed by atoms with E-state index in [1.807, 2.05) is 12.3 Å². The molecule has 0 atom stereocenters. The summed E-state index contributed by atoms with van der Waals surface area (Å²) in [7, 11) is 0. The van der Waals surface area contributed by atoms with E-state index < -0.39 is 5.97 Å². The van der Waals surface area contributed by atoms with Crippen molar-refractivity contribution < 1.29 is 19.1 Å². The molecule has 0 spiro atoms. The van der Waals surface area contributed by atoms with Crippen LogP contribution in [-0.2, 0) is 0 Å². The molecule has 0 radical (unpaired) electrons. The zero-order chi connectivity index (χ0) is 18.8. The van der Waals surface area contributed by atoms with Crippen LogP contribution in [0.15, 0.2) is 44.4 Å². The first-order chi connectivity index (χ1) is 12.4. The molecule has 26 heavy (non-hydrogen) atoms.